The number of H-pyrrole nitrogens is 1. The number of nitrogens with one attached hydrogen (secondary N) is 2. The first-order chi connectivity index (χ1) is 10.2. The maximum atomic E-state index is 12.2. The molecule has 0 radical (unpaired) electrons. The van der Waals surface area contributed by atoms with Crippen LogP contribution in [0.25, 0.3) is 0 Å². The fourth-order valence-electron chi connectivity index (χ4n) is 1.87. The average Bonchev–Trinajstić information content (AvgIpc) is 3.04. The van der Waals surface area contributed by atoms with E-state index in [1.807, 2.05) is 0 Å². The molecule has 0 atom stereocenters. The first kappa shape index (κ1) is 14.7. The van der Waals surface area contributed by atoms with Crippen LogP contribution in [0.3, 0.4) is 0 Å². The summed E-state index contributed by atoms with van der Waals surface area (Å²) in [6.07, 6.45) is 3.20. The Bertz CT molecular complexity index is 586. The van der Waals surface area contributed by atoms with Crippen molar-refractivity contribution in [2.75, 3.05) is 21.3 Å². The second-order valence-electron chi connectivity index (χ2n) is 4.17. The van der Waals surface area contributed by atoms with E-state index in [4.69, 9.17) is 14.2 Å². The molecule has 0 unspecified atom stereocenters. The molecule has 0 spiro atoms. The molecular formula is C14H17N3O4. The molecule has 0 aliphatic carbocycles. The zero-order chi connectivity index (χ0) is 15.2. The minimum absolute atomic E-state index is 0.246. The third-order valence-corrected chi connectivity index (χ3v) is 2.92. The minimum Gasteiger partial charge on any atom is -0.493 e. The summed E-state index contributed by atoms with van der Waals surface area (Å²) in [5.41, 5.74) is 1.24. The van der Waals surface area contributed by atoms with Crippen molar-refractivity contribution in [3.63, 3.8) is 0 Å². The second kappa shape index (κ2) is 6.65. The Morgan fingerprint density at radius 1 is 1.19 bits per heavy atom. The topological polar surface area (TPSA) is 85.5 Å². The first-order valence-electron chi connectivity index (χ1n) is 6.25. The molecule has 0 saturated heterocycles. The summed E-state index contributed by atoms with van der Waals surface area (Å²) < 4.78 is 15.7. The Morgan fingerprint density at radius 3 is 2.33 bits per heavy atom. The van der Waals surface area contributed by atoms with E-state index in [1.165, 1.54) is 21.3 Å². The van der Waals surface area contributed by atoms with Gasteiger partial charge in [-0.15, -0.1) is 0 Å². The molecule has 21 heavy (non-hydrogen) atoms. The van der Waals surface area contributed by atoms with Gasteiger partial charge in [-0.2, -0.15) is 0 Å². The highest BCUT2D eigenvalue weighted by molar-refractivity contribution is 5.95. The van der Waals surface area contributed by atoms with Crippen LogP contribution in [0.1, 0.15) is 16.1 Å². The summed E-state index contributed by atoms with van der Waals surface area (Å²) in [4.78, 5) is 19.0. The summed E-state index contributed by atoms with van der Waals surface area (Å²) in [5, 5.41) is 2.78. The molecule has 0 aliphatic heterocycles. The van der Waals surface area contributed by atoms with E-state index >= 15 is 0 Å². The number of ether oxygens (including phenoxy) is 3. The van der Waals surface area contributed by atoms with E-state index in [0.29, 0.717) is 29.4 Å². The van der Waals surface area contributed by atoms with Crippen molar-refractivity contribution in [1.29, 1.82) is 0 Å². The van der Waals surface area contributed by atoms with Gasteiger partial charge >= 0.3 is 0 Å². The molecule has 7 heteroatoms. The maximum Gasteiger partial charge on any atom is 0.251 e. The molecule has 2 aromatic rings. The van der Waals surface area contributed by atoms with E-state index < -0.39 is 0 Å². The third kappa shape index (κ3) is 3.25. The van der Waals surface area contributed by atoms with Crippen molar-refractivity contribution >= 4 is 5.91 Å². The molecule has 7 nitrogen and oxygen atoms in total. The van der Waals surface area contributed by atoms with Crippen LogP contribution in [0.5, 0.6) is 17.2 Å². The van der Waals surface area contributed by atoms with Crippen LogP contribution >= 0.6 is 0 Å². The third-order valence-electron chi connectivity index (χ3n) is 2.92. The first-order valence-corrected chi connectivity index (χ1v) is 6.25. The summed E-state index contributed by atoms with van der Waals surface area (Å²) in [6.45, 7) is 0.357. The van der Waals surface area contributed by atoms with Gasteiger partial charge in [0.2, 0.25) is 5.75 Å². The zero-order valence-electron chi connectivity index (χ0n) is 12.1. The molecule has 2 N–H and O–H groups in total. The van der Waals surface area contributed by atoms with Gasteiger partial charge in [-0.3, -0.25) is 4.79 Å². The highest BCUT2D eigenvalue weighted by Gasteiger charge is 2.16. The van der Waals surface area contributed by atoms with Crippen molar-refractivity contribution in [2.45, 2.75) is 6.54 Å². The van der Waals surface area contributed by atoms with Gasteiger partial charge in [-0.1, -0.05) is 0 Å². The van der Waals surface area contributed by atoms with Gasteiger partial charge in [0, 0.05) is 11.8 Å². The van der Waals surface area contributed by atoms with E-state index in [2.05, 4.69) is 15.3 Å². The number of amides is 1. The minimum atomic E-state index is -0.246. The van der Waals surface area contributed by atoms with Crippen molar-refractivity contribution in [1.82, 2.24) is 15.3 Å². The van der Waals surface area contributed by atoms with Crippen molar-refractivity contribution in [3.8, 4) is 17.2 Å². The second-order valence-corrected chi connectivity index (χ2v) is 4.17. The molecule has 0 bridgehead atoms. The molecule has 1 aromatic heterocycles. The van der Waals surface area contributed by atoms with Gasteiger partial charge in [-0.05, 0) is 12.1 Å². The number of aromatic nitrogens is 2. The summed E-state index contributed by atoms with van der Waals surface area (Å²) >= 11 is 0. The maximum absolute atomic E-state index is 12.2. The van der Waals surface area contributed by atoms with Gasteiger partial charge in [0.05, 0.1) is 39.9 Å². The zero-order valence-corrected chi connectivity index (χ0v) is 12.1. The molecule has 0 saturated carbocycles. The monoisotopic (exact) mass is 291 g/mol. The Labute approximate surface area is 122 Å². The normalized spacial score (nSPS) is 10.0. The van der Waals surface area contributed by atoms with Crippen molar-refractivity contribution in [2.24, 2.45) is 0 Å². The van der Waals surface area contributed by atoms with Crippen LogP contribution in [0.2, 0.25) is 0 Å². The number of aromatic amines is 1. The standard InChI is InChI=1S/C14H17N3O4/c1-19-11-4-9(5-12(20-2)13(11)21-3)14(18)16-7-10-6-15-8-17-10/h4-6,8H,7H2,1-3H3,(H,15,17)(H,16,18). The highest BCUT2D eigenvalue weighted by Crippen LogP contribution is 2.38. The van der Waals surface area contributed by atoms with Gasteiger partial charge in [0.15, 0.2) is 11.5 Å². The Hall–Kier alpha value is -2.70. The van der Waals surface area contributed by atoms with Crippen molar-refractivity contribution < 1.29 is 19.0 Å². The fraction of sp³-hybridized carbons (Fsp3) is 0.286. The lowest BCUT2D eigenvalue weighted by Crippen LogP contribution is -2.23. The van der Waals surface area contributed by atoms with Gasteiger partial charge in [0.25, 0.3) is 5.91 Å². The van der Waals surface area contributed by atoms with Crippen LogP contribution in [-0.4, -0.2) is 37.2 Å². The fourth-order valence-corrected chi connectivity index (χ4v) is 1.87. The molecule has 0 fully saturated rings. The molecule has 2 rings (SSSR count). The Kier molecular flexibility index (Phi) is 4.65. The van der Waals surface area contributed by atoms with E-state index in [1.54, 1.807) is 24.7 Å². The molecule has 0 aliphatic rings. The molecular weight excluding hydrogens is 274 g/mol. The summed E-state index contributed by atoms with van der Waals surface area (Å²) in [5.74, 6) is 1.07. The number of methoxy groups -OCH3 is 3. The van der Waals surface area contributed by atoms with Crippen molar-refractivity contribution in [3.05, 3.63) is 35.9 Å². The van der Waals surface area contributed by atoms with E-state index in [0.717, 1.165) is 5.69 Å². The van der Waals surface area contributed by atoms with E-state index in [9.17, 15) is 4.79 Å². The van der Waals surface area contributed by atoms with Gasteiger partial charge < -0.3 is 24.5 Å². The van der Waals surface area contributed by atoms with Crippen LogP contribution < -0.4 is 19.5 Å². The molecule has 1 amide bonds. The number of benzene rings is 1. The molecule has 1 aromatic carbocycles. The Balaban J connectivity index is 2.20. The lowest BCUT2D eigenvalue weighted by Gasteiger charge is -2.14. The largest absolute Gasteiger partial charge is 0.493 e. The van der Waals surface area contributed by atoms with Crippen LogP contribution in [0.4, 0.5) is 0 Å². The number of hydrogen-bond donors (Lipinski definition) is 2. The number of nitrogens with zero attached hydrogens (tertiary/aromatic N) is 1. The Morgan fingerprint density at radius 2 is 1.86 bits per heavy atom. The quantitative estimate of drug-likeness (QED) is 0.839. The predicted molar refractivity (Wildman–Crippen MR) is 75.9 cm³/mol. The number of imidazole rings is 1. The van der Waals surface area contributed by atoms with Gasteiger partial charge in [-0.25, -0.2) is 4.98 Å². The number of carbonyl (C=O) groups excluding carboxylic acids is 1. The van der Waals surface area contributed by atoms with Crippen LogP contribution in [0, 0.1) is 0 Å². The number of rotatable bonds is 6. The highest BCUT2D eigenvalue weighted by atomic mass is 16.5. The predicted octanol–water partition coefficient (Wildman–Crippen LogP) is 1.37. The van der Waals surface area contributed by atoms with E-state index in [-0.39, 0.29) is 5.91 Å². The summed E-state index contributed by atoms with van der Waals surface area (Å²) in [7, 11) is 4.52. The SMILES string of the molecule is COc1cc(C(=O)NCc2cnc[nH]2)cc(OC)c1OC. The lowest BCUT2D eigenvalue weighted by atomic mass is 10.1. The number of carbonyl (C=O) groups is 1. The summed E-state index contributed by atoms with van der Waals surface area (Å²) in [6, 6.07) is 3.20. The van der Waals surface area contributed by atoms with Crippen LogP contribution in [0.15, 0.2) is 24.7 Å². The molecule has 1 heterocycles. The molecule has 112 valence electrons. The smallest absolute Gasteiger partial charge is 0.251 e. The average molecular weight is 291 g/mol. The van der Waals surface area contributed by atoms with Gasteiger partial charge in [0.1, 0.15) is 0 Å². The lowest BCUT2D eigenvalue weighted by molar-refractivity contribution is 0.0949. The van der Waals surface area contributed by atoms with Crippen LogP contribution in [-0.2, 0) is 6.54 Å². The number of hydrogen-bond acceptors (Lipinski definition) is 5.